The lowest BCUT2D eigenvalue weighted by atomic mass is 9.87. The molecule has 1 rings (SSSR count). The molecule has 1 fully saturated rings. The van der Waals surface area contributed by atoms with E-state index in [1.165, 1.54) is 0 Å². The van der Waals surface area contributed by atoms with E-state index in [-0.39, 0.29) is 12.8 Å². The minimum atomic E-state index is -4.73. The lowest BCUT2D eigenvalue weighted by molar-refractivity contribution is -0.254. The molecule has 0 bridgehead atoms. The molecule has 0 heterocycles. The average molecular weight is 234 g/mol. The zero-order valence-corrected chi connectivity index (χ0v) is 7.96. The Kier molecular flexibility index (Phi) is 3.55. The molecule has 0 aromatic carbocycles. The van der Waals surface area contributed by atoms with Gasteiger partial charge in [-0.2, -0.15) is 26.3 Å². The molecule has 1 saturated carbocycles. The van der Waals surface area contributed by atoms with Gasteiger partial charge in [-0.05, 0) is 12.8 Å². The maximum Gasteiger partial charge on any atom is 0.392 e. The number of rotatable bonds is 0. The van der Waals surface area contributed by atoms with Crippen LogP contribution in [0.15, 0.2) is 0 Å². The Morgan fingerprint density at radius 1 is 0.600 bits per heavy atom. The highest BCUT2D eigenvalue weighted by Crippen LogP contribution is 2.47. The van der Waals surface area contributed by atoms with Crippen molar-refractivity contribution in [3.05, 3.63) is 0 Å². The Labute approximate surface area is 83.6 Å². The summed E-state index contributed by atoms with van der Waals surface area (Å²) in [5, 5.41) is 0. The summed E-state index contributed by atoms with van der Waals surface area (Å²) in [7, 11) is 0. The van der Waals surface area contributed by atoms with Crippen LogP contribution in [0.1, 0.15) is 32.1 Å². The summed E-state index contributed by atoms with van der Waals surface area (Å²) in [6.07, 6.45) is -9.33. The minimum absolute atomic E-state index is 0.233. The van der Waals surface area contributed by atoms with Crippen molar-refractivity contribution >= 4 is 0 Å². The first-order valence-corrected chi connectivity index (χ1v) is 4.86. The quantitative estimate of drug-likeness (QED) is 0.433. The summed E-state index contributed by atoms with van der Waals surface area (Å²) in [5.41, 5.74) is 0. The molecule has 2 unspecified atom stereocenters. The number of hydrogen-bond donors (Lipinski definition) is 0. The van der Waals surface area contributed by atoms with Gasteiger partial charge in [0.15, 0.2) is 0 Å². The minimum Gasteiger partial charge on any atom is -0.171 e. The van der Waals surface area contributed by atoms with Crippen molar-refractivity contribution in [3.8, 4) is 0 Å². The second-order valence-corrected chi connectivity index (χ2v) is 3.93. The van der Waals surface area contributed by atoms with Crippen LogP contribution in [0.2, 0.25) is 0 Å². The molecule has 15 heavy (non-hydrogen) atoms. The van der Waals surface area contributed by atoms with Crippen molar-refractivity contribution in [1.82, 2.24) is 0 Å². The Balaban J connectivity index is 2.86. The molecular weight excluding hydrogens is 222 g/mol. The summed E-state index contributed by atoms with van der Waals surface area (Å²) in [4.78, 5) is 0. The van der Waals surface area contributed by atoms with Crippen LogP contribution in [0.5, 0.6) is 0 Å². The van der Waals surface area contributed by atoms with Gasteiger partial charge in [-0.15, -0.1) is 0 Å². The SMILES string of the molecule is FC(F)(F)C1CCCCCC1C(F)(F)F. The van der Waals surface area contributed by atoms with Crippen LogP contribution < -0.4 is 0 Å². The first kappa shape index (κ1) is 12.6. The second kappa shape index (κ2) is 4.22. The Morgan fingerprint density at radius 3 is 1.20 bits per heavy atom. The van der Waals surface area contributed by atoms with Crippen molar-refractivity contribution in [2.45, 2.75) is 44.5 Å². The number of halogens is 6. The summed E-state index contributed by atoms with van der Waals surface area (Å²) in [6, 6.07) is 0. The normalized spacial score (nSPS) is 30.0. The van der Waals surface area contributed by atoms with Gasteiger partial charge in [-0.3, -0.25) is 0 Å². The predicted octanol–water partition coefficient (Wildman–Crippen LogP) is 4.31. The topological polar surface area (TPSA) is 0 Å². The Hall–Kier alpha value is -0.420. The molecule has 1 aliphatic rings. The van der Waals surface area contributed by atoms with Gasteiger partial charge >= 0.3 is 12.4 Å². The van der Waals surface area contributed by atoms with E-state index < -0.39 is 37.0 Å². The van der Waals surface area contributed by atoms with E-state index in [2.05, 4.69) is 0 Å². The molecule has 0 N–H and O–H groups in total. The average Bonchev–Trinajstić information content (AvgIpc) is 2.24. The molecule has 1 aliphatic carbocycles. The summed E-state index contributed by atoms with van der Waals surface area (Å²) >= 11 is 0. The molecule has 2 atom stereocenters. The molecule has 0 spiro atoms. The highest BCUT2D eigenvalue weighted by Gasteiger charge is 2.54. The Morgan fingerprint density at radius 2 is 0.933 bits per heavy atom. The van der Waals surface area contributed by atoms with Crippen LogP contribution in [0.25, 0.3) is 0 Å². The molecule has 0 aliphatic heterocycles. The highest BCUT2D eigenvalue weighted by molar-refractivity contribution is 4.83. The molecular formula is C9H12F6. The summed E-state index contributed by atoms with van der Waals surface area (Å²) in [6.45, 7) is 0. The van der Waals surface area contributed by atoms with Gasteiger partial charge in [0, 0.05) is 0 Å². The van der Waals surface area contributed by atoms with Crippen molar-refractivity contribution in [2.75, 3.05) is 0 Å². The van der Waals surface area contributed by atoms with Crippen LogP contribution in [0.3, 0.4) is 0 Å². The fourth-order valence-corrected chi connectivity index (χ4v) is 2.09. The first-order valence-electron chi connectivity index (χ1n) is 4.86. The van der Waals surface area contributed by atoms with E-state index in [9.17, 15) is 26.3 Å². The van der Waals surface area contributed by atoms with Gasteiger partial charge < -0.3 is 0 Å². The smallest absolute Gasteiger partial charge is 0.171 e. The van der Waals surface area contributed by atoms with Crippen LogP contribution in [-0.2, 0) is 0 Å². The van der Waals surface area contributed by atoms with Crippen molar-refractivity contribution < 1.29 is 26.3 Å². The molecule has 0 radical (unpaired) electrons. The van der Waals surface area contributed by atoms with Gasteiger partial charge in [-0.25, -0.2) is 0 Å². The van der Waals surface area contributed by atoms with Gasteiger partial charge in [0.05, 0.1) is 11.8 Å². The molecule has 6 heteroatoms. The molecule has 0 saturated heterocycles. The van der Waals surface area contributed by atoms with E-state index in [4.69, 9.17) is 0 Å². The standard InChI is InChI=1S/C9H12F6/c10-8(11,12)6-4-2-1-3-5-7(6)9(13,14)15/h6-7H,1-5H2. The Bertz CT molecular complexity index is 182. The molecule has 90 valence electrons. The summed E-state index contributed by atoms with van der Waals surface area (Å²) in [5.74, 6) is -4.42. The maximum absolute atomic E-state index is 12.4. The monoisotopic (exact) mass is 234 g/mol. The number of hydrogen-bond acceptors (Lipinski definition) is 0. The largest absolute Gasteiger partial charge is 0.392 e. The van der Waals surface area contributed by atoms with E-state index >= 15 is 0 Å². The van der Waals surface area contributed by atoms with Crippen LogP contribution in [0, 0.1) is 11.8 Å². The van der Waals surface area contributed by atoms with Crippen LogP contribution in [0.4, 0.5) is 26.3 Å². The molecule has 0 aromatic heterocycles. The van der Waals surface area contributed by atoms with Crippen LogP contribution >= 0.6 is 0 Å². The van der Waals surface area contributed by atoms with Gasteiger partial charge in [0.25, 0.3) is 0 Å². The highest BCUT2D eigenvalue weighted by atomic mass is 19.4. The zero-order valence-electron chi connectivity index (χ0n) is 7.96. The van der Waals surface area contributed by atoms with Crippen molar-refractivity contribution in [1.29, 1.82) is 0 Å². The number of alkyl halides is 6. The van der Waals surface area contributed by atoms with E-state index in [1.807, 2.05) is 0 Å². The fraction of sp³-hybridized carbons (Fsp3) is 1.00. The molecule has 0 aromatic rings. The molecule has 0 nitrogen and oxygen atoms in total. The van der Waals surface area contributed by atoms with Gasteiger partial charge in [0.2, 0.25) is 0 Å². The van der Waals surface area contributed by atoms with E-state index in [1.54, 1.807) is 0 Å². The zero-order chi connectivity index (χ0) is 11.7. The van der Waals surface area contributed by atoms with Crippen molar-refractivity contribution in [2.24, 2.45) is 11.8 Å². The lowest BCUT2D eigenvalue weighted by Gasteiger charge is -2.28. The maximum atomic E-state index is 12.4. The predicted molar refractivity (Wildman–Crippen MR) is 42.2 cm³/mol. The summed E-state index contributed by atoms with van der Waals surface area (Å²) < 4.78 is 74.4. The third-order valence-electron chi connectivity index (χ3n) is 2.86. The van der Waals surface area contributed by atoms with E-state index in [0.29, 0.717) is 6.42 Å². The van der Waals surface area contributed by atoms with Gasteiger partial charge in [0.1, 0.15) is 0 Å². The van der Waals surface area contributed by atoms with Gasteiger partial charge in [-0.1, -0.05) is 19.3 Å². The molecule has 0 amide bonds. The first-order chi connectivity index (χ1) is 6.73. The fourth-order valence-electron chi connectivity index (χ4n) is 2.09. The van der Waals surface area contributed by atoms with Crippen molar-refractivity contribution in [3.63, 3.8) is 0 Å². The van der Waals surface area contributed by atoms with Crippen LogP contribution in [-0.4, -0.2) is 12.4 Å². The van der Waals surface area contributed by atoms with E-state index in [0.717, 1.165) is 0 Å². The lowest BCUT2D eigenvalue weighted by Crippen LogP contribution is -2.38. The second-order valence-electron chi connectivity index (χ2n) is 3.93. The third-order valence-corrected chi connectivity index (χ3v) is 2.86. The third kappa shape index (κ3) is 3.28.